The minimum atomic E-state index is 0.588. The van der Waals surface area contributed by atoms with Gasteiger partial charge in [-0.3, -0.25) is 0 Å². The SMILES string of the molecule is CCc1cc(CC)n(-c2cc(NN)nc(SC)n2)n1. The van der Waals surface area contributed by atoms with Crippen molar-refractivity contribution >= 4 is 17.6 Å². The van der Waals surface area contributed by atoms with Gasteiger partial charge < -0.3 is 5.43 Å². The van der Waals surface area contributed by atoms with E-state index in [1.165, 1.54) is 11.8 Å². The third-order valence-corrected chi connectivity index (χ3v) is 3.35. The van der Waals surface area contributed by atoms with Crippen molar-refractivity contribution in [3.63, 3.8) is 0 Å². The minimum absolute atomic E-state index is 0.588. The van der Waals surface area contributed by atoms with Gasteiger partial charge in [-0.05, 0) is 25.2 Å². The third kappa shape index (κ3) is 2.87. The maximum absolute atomic E-state index is 5.44. The molecule has 0 unspecified atom stereocenters. The first-order chi connectivity index (χ1) is 9.21. The zero-order valence-electron chi connectivity index (χ0n) is 11.3. The monoisotopic (exact) mass is 278 g/mol. The lowest BCUT2D eigenvalue weighted by atomic mass is 10.2. The van der Waals surface area contributed by atoms with Crippen molar-refractivity contribution in [2.24, 2.45) is 5.84 Å². The number of aryl methyl sites for hydroxylation is 2. The smallest absolute Gasteiger partial charge is 0.191 e. The van der Waals surface area contributed by atoms with Crippen molar-refractivity contribution in [1.82, 2.24) is 19.7 Å². The molecule has 0 aliphatic carbocycles. The predicted molar refractivity (Wildman–Crippen MR) is 77.5 cm³/mol. The number of nitrogens with zero attached hydrogens (tertiary/aromatic N) is 4. The summed E-state index contributed by atoms with van der Waals surface area (Å²) < 4.78 is 1.86. The molecule has 6 nitrogen and oxygen atoms in total. The number of hydrogen-bond acceptors (Lipinski definition) is 6. The average Bonchev–Trinajstić information content (AvgIpc) is 2.90. The Bertz CT molecular complexity index is 543. The summed E-state index contributed by atoms with van der Waals surface area (Å²) in [6.45, 7) is 4.19. The molecule has 2 aromatic heterocycles. The van der Waals surface area contributed by atoms with Crippen LogP contribution >= 0.6 is 11.8 Å². The van der Waals surface area contributed by atoms with Crippen LogP contribution in [-0.4, -0.2) is 26.0 Å². The van der Waals surface area contributed by atoms with Crippen molar-refractivity contribution in [2.75, 3.05) is 11.7 Å². The summed E-state index contributed by atoms with van der Waals surface area (Å²) in [4.78, 5) is 8.74. The van der Waals surface area contributed by atoms with Gasteiger partial charge in [0.15, 0.2) is 11.0 Å². The van der Waals surface area contributed by atoms with Crippen molar-refractivity contribution in [1.29, 1.82) is 0 Å². The van der Waals surface area contributed by atoms with E-state index in [1.807, 2.05) is 10.9 Å². The summed E-state index contributed by atoms with van der Waals surface area (Å²) in [5.41, 5.74) is 4.75. The van der Waals surface area contributed by atoms with E-state index in [2.05, 4.69) is 40.4 Å². The molecule has 3 N–H and O–H groups in total. The second-order valence-electron chi connectivity index (χ2n) is 3.99. The summed E-state index contributed by atoms with van der Waals surface area (Å²) in [6, 6.07) is 3.90. The second kappa shape index (κ2) is 6.03. The highest BCUT2D eigenvalue weighted by Crippen LogP contribution is 2.18. The summed E-state index contributed by atoms with van der Waals surface area (Å²) in [5, 5.41) is 5.24. The first kappa shape index (κ1) is 13.8. The lowest BCUT2D eigenvalue weighted by Crippen LogP contribution is -2.12. The van der Waals surface area contributed by atoms with Crippen LogP contribution in [0.15, 0.2) is 17.3 Å². The number of aromatic nitrogens is 4. The van der Waals surface area contributed by atoms with E-state index in [1.54, 1.807) is 6.07 Å². The van der Waals surface area contributed by atoms with Crippen LogP contribution in [0.2, 0.25) is 0 Å². The molecule has 0 fully saturated rings. The van der Waals surface area contributed by atoms with E-state index in [0.29, 0.717) is 11.0 Å². The predicted octanol–water partition coefficient (Wildman–Crippen LogP) is 1.79. The number of nitrogens with two attached hydrogens (primary N) is 1. The number of hydrazine groups is 1. The number of nitrogen functional groups attached to an aromatic ring is 1. The Hall–Kier alpha value is -1.60. The van der Waals surface area contributed by atoms with Gasteiger partial charge >= 0.3 is 0 Å². The van der Waals surface area contributed by atoms with Gasteiger partial charge in [-0.1, -0.05) is 25.6 Å². The molecule has 0 aliphatic heterocycles. The van der Waals surface area contributed by atoms with Crippen LogP contribution < -0.4 is 11.3 Å². The molecular formula is C12H18N6S. The molecule has 0 saturated carbocycles. The van der Waals surface area contributed by atoms with Crippen molar-refractivity contribution in [3.8, 4) is 5.82 Å². The highest BCUT2D eigenvalue weighted by Gasteiger charge is 2.11. The summed E-state index contributed by atoms with van der Waals surface area (Å²) in [6.07, 6.45) is 3.74. The summed E-state index contributed by atoms with van der Waals surface area (Å²) in [5.74, 6) is 6.77. The van der Waals surface area contributed by atoms with Crippen LogP contribution in [0, 0.1) is 0 Å². The lowest BCUT2D eigenvalue weighted by molar-refractivity contribution is 0.752. The van der Waals surface area contributed by atoms with Gasteiger partial charge in [0.2, 0.25) is 0 Å². The summed E-state index contributed by atoms with van der Waals surface area (Å²) in [7, 11) is 0. The van der Waals surface area contributed by atoms with E-state index in [0.717, 1.165) is 30.0 Å². The normalized spacial score (nSPS) is 10.7. The number of thioether (sulfide) groups is 1. The molecule has 19 heavy (non-hydrogen) atoms. The average molecular weight is 278 g/mol. The molecule has 2 heterocycles. The Kier molecular flexibility index (Phi) is 4.39. The fourth-order valence-electron chi connectivity index (χ4n) is 1.78. The molecule has 0 amide bonds. The Morgan fingerprint density at radius 1 is 1.26 bits per heavy atom. The van der Waals surface area contributed by atoms with Gasteiger partial charge in [-0.15, -0.1) is 0 Å². The Labute approximate surface area is 116 Å². The van der Waals surface area contributed by atoms with Gasteiger partial charge in [0.25, 0.3) is 0 Å². The van der Waals surface area contributed by atoms with Gasteiger partial charge in [0.05, 0.1) is 5.69 Å². The quantitative estimate of drug-likeness (QED) is 0.375. The Balaban J connectivity index is 2.53. The van der Waals surface area contributed by atoms with Crippen LogP contribution in [0.4, 0.5) is 5.82 Å². The molecule has 0 aromatic carbocycles. The van der Waals surface area contributed by atoms with Gasteiger partial charge in [-0.2, -0.15) is 5.10 Å². The van der Waals surface area contributed by atoms with E-state index < -0.39 is 0 Å². The molecule has 0 saturated heterocycles. The molecule has 102 valence electrons. The first-order valence-electron chi connectivity index (χ1n) is 6.19. The van der Waals surface area contributed by atoms with Crippen LogP contribution in [-0.2, 0) is 12.8 Å². The largest absolute Gasteiger partial charge is 0.308 e. The molecular weight excluding hydrogens is 260 g/mol. The topological polar surface area (TPSA) is 81.7 Å². The molecule has 0 atom stereocenters. The molecule has 2 aromatic rings. The van der Waals surface area contributed by atoms with E-state index in [4.69, 9.17) is 5.84 Å². The third-order valence-electron chi connectivity index (χ3n) is 2.80. The maximum atomic E-state index is 5.44. The summed E-state index contributed by atoms with van der Waals surface area (Å²) >= 11 is 1.47. The standard InChI is InChI=1S/C12H18N6S/c1-4-8-6-9(5-2)18(17-8)11-7-10(16-13)14-12(15-11)19-3/h6-7H,4-5,13H2,1-3H3,(H,14,15,16). The fraction of sp³-hybridized carbons (Fsp3) is 0.417. The minimum Gasteiger partial charge on any atom is -0.308 e. The lowest BCUT2D eigenvalue weighted by Gasteiger charge is -2.08. The fourth-order valence-corrected chi connectivity index (χ4v) is 2.16. The van der Waals surface area contributed by atoms with Crippen LogP contribution in [0.5, 0.6) is 0 Å². The van der Waals surface area contributed by atoms with Gasteiger partial charge in [-0.25, -0.2) is 20.5 Å². The zero-order valence-corrected chi connectivity index (χ0v) is 12.2. The zero-order chi connectivity index (χ0) is 13.8. The maximum Gasteiger partial charge on any atom is 0.191 e. The van der Waals surface area contributed by atoms with E-state index in [9.17, 15) is 0 Å². The molecule has 0 aliphatic rings. The molecule has 2 rings (SSSR count). The Morgan fingerprint density at radius 3 is 2.63 bits per heavy atom. The van der Waals surface area contributed by atoms with Crippen LogP contribution in [0.25, 0.3) is 5.82 Å². The number of hydrogen-bond donors (Lipinski definition) is 2. The Morgan fingerprint density at radius 2 is 2.05 bits per heavy atom. The molecule has 0 bridgehead atoms. The van der Waals surface area contributed by atoms with E-state index >= 15 is 0 Å². The van der Waals surface area contributed by atoms with Crippen molar-refractivity contribution in [3.05, 3.63) is 23.5 Å². The van der Waals surface area contributed by atoms with Gasteiger partial charge in [0, 0.05) is 11.8 Å². The van der Waals surface area contributed by atoms with Crippen LogP contribution in [0.3, 0.4) is 0 Å². The molecule has 0 radical (unpaired) electrons. The van der Waals surface area contributed by atoms with Crippen LogP contribution in [0.1, 0.15) is 25.2 Å². The van der Waals surface area contributed by atoms with Gasteiger partial charge in [0.1, 0.15) is 5.82 Å². The van der Waals surface area contributed by atoms with Crippen molar-refractivity contribution < 1.29 is 0 Å². The first-order valence-corrected chi connectivity index (χ1v) is 7.42. The molecule has 7 heteroatoms. The molecule has 0 spiro atoms. The van der Waals surface area contributed by atoms with E-state index in [-0.39, 0.29) is 0 Å². The highest BCUT2D eigenvalue weighted by atomic mass is 32.2. The number of nitrogens with one attached hydrogen (secondary N) is 1. The number of rotatable bonds is 5. The highest BCUT2D eigenvalue weighted by molar-refractivity contribution is 7.98. The van der Waals surface area contributed by atoms with Crippen molar-refractivity contribution in [2.45, 2.75) is 31.8 Å². The number of anilines is 1. The second-order valence-corrected chi connectivity index (χ2v) is 4.76.